The van der Waals surface area contributed by atoms with Crippen LogP contribution in [0.5, 0.6) is 0 Å². The normalized spacial score (nSPS) is 33.7. The lowest BCUT2D eigenvalue weighted by molar-refractivity contribution is -0.149. The summed E-state index contributed by atoms with van der Waals surface area (Å²) in [6.45, 7) is 7.83. The molecular formula is C17H32N2O5. The van der Waals surface area contributed by atoms with E-state index in [1.165, 1.54) is 0 Å². The number of hydrogen-bond acceptors (Lipinski definition) is 6. The van der Waals surface area contributed by atoms with E-state index in [9.17, 15) is 25.2 Å². The molecular weight excluding hydrogens is 312 g/mol. The van der Waals surface area contributed by atoms with Crippen LogP contribution in [0.15, 0.2) is 0 Å². The van der Waals surface area contributed by atoms with Gasteiger partial charge in [0.2, 0.25) is 5.91 Å². The fourth-order valence-corrected chi connectivity index (χ4v) is 3.71. The molecule has 7 heteroatoms. The molecule has 2 rings (SSSR count). The predicted octanol–water partition coefficient (Wildman–Crippen LogP) is -0.970. The Balaban J connectivity index is 1.90. The third-order valence-electron chi connectivity index (χ3n) is 5.25. The molecule has 0 unspecified atom stereocenters. The summed E-state index contributed by atoms with van der Waals surface area (Å²) < 4.78 is 0. The summed E-state index contributed by atoms with van der Waals surface area (Å²) in [4.78, 5) is 16.1. The van der Waals surface area contributed by atoms with E-state index >= 15 is 0 Å². The molecule has 2 aliphatic rings. The van der Waals surface area contributed by atoms with Gasteiger partial charge in [0.25, 0.3) is 0 Å². The topological polar surface area (TPSA) is 104 Å². The lowest BCUT2D eigenvalue weighted by Crippen LogP contribution is -2.63. The molecule has 140 valence electrons. The Kier molecular flexibility index (Phi) is 6.25. The van der Waals surface area contributed by atoms with Gasteiger partial charge in [-0.25, -0.2) is 0 Å². The molecule has 0 bridgehead atoms. The van der Waals surface area contributed by atoms with Gasteiger partial charge in [-0.2, -0.15) is 0 Å². The third kappa shape index (κ3) is 4.26. The van der Waals surface area contributed by atoms with Crippen LogP contribution in [-0.2, 0) is 4.79 Å². The molecule has 7 nitrogen and oxygen atoms in total. The van der Waals surface area contributed by atoms with Crippen LogP contribution in [0.4, 0.5) is 0 Å². The molecule has 2 aliphatic heterocycles. The van der Waals surface area contributed by atoms with Crippen molar-refractivity contribution in [2.45, 2.75) is 58.0 Å². The van der Waals surface area contributed by atoms with E-state index in [1.54, 1.807) is 0 Å². The van der Waals surface area contributed by atoms with Gasteiger partial charge in [0.1, 0.15) is 12.2 Å². The highest BCUT2D eigenvalue weighted by Gasteiger charge is 2.42. The molecule has 0 aliphatic carbocycles. The zero-order valence-electron chi connectivity index (χ0n) is 14.9. The molecule has 0 aromatic carbocycles. The molecule has 0 saturated carbocycles. The summed E-state index contributed by atoms with van der Waals surface area (Å²) in [5.74, 6) is 0.513. The lowest BCUT2D eigenvalue weighted by Gasteiger charge is -2.45. The number of hydrogen-bond donors (Lipinski definition) is 4. The van der Waals surface area contributed by atoms with E-state index in [1.807, 2.05) is 30.6 Å². The van der Waals surface area contributed by atoms with E-state index in [4.69, 9.17) is 0 Å². The number of amides is 1. The molecule has 0 spiro atoms. The van der Waals surface area contributed by atoms with Crippen molar-refractivity contribution in [1.29, 1.82) is 0 Å². The minimum absolute atomic E-state index is 0.168. The van der Waals surface area contributed by atoms with Crippen LogP contribution < -0.4 is 0 Å². The largest absolute Gasteiger partial charge is 0.395 e. The van der Waals surface area contributed by atoms with Crippen LogP contribution in [0.1, 0.15) is 33.6 Å². The van der Waals surface area contributed by atoms with Gasteiger partial charge in [-0.05, 0) is 18.8 Å². The highest BCUT2D eigenvalue weighted by atomic mass is 16.4. The second kappa shape index (κ2) is 7.66. The fraction of sp³-hybridized carbons (Fsp3) is 0.941. The predicted molar refractivity (Wildman–Crippen MR) is 89.2 cm³/mol. The minimum Gasteiger partial charge on any atom is -0.395 e. The zero-order valence-corrected chi connectivity index (χ0v) is 14.9. The van der Waals surface area contributed by atoms with Crippen molar-refractivity contribution in [3.63, 3.8) is 0 Å². The number of aliphatic hydroxyl groups is 4. The van der Waals surface area contributed by atoms with Gasteiger partial charge in [-0.1, -0.05) is 20.8 Å². The highest BCUT2D eigenvalue weighted by molar-refractivity contribution is 5.81. The van der Waals surface area contributed by atoms with Crippen LogP contribution in [-0.4, -0.2) is 93.3 Å². The summed E-state index contributed by atoms with van der Waals surface area (Å²) >= 11 is 0. The molecule has 2 saturated heterocycles. The van der Waals surface area contributed by atoms with Crippen LogP contribution in [0, 0.1) is 11.3 Å². The average Bonchev–Trinajstić information content (AvgIpc) is 2.52. The Morgan fingerprint density at radius 1 is 1.08 bits per heavy atom. The number of likely N-dealkylation sites (tertiary alicyclic amines) is 2. The highest BCUT2D eigenvalue weighted by Crippen LogP contribution is 2.26. The first-order valence-electron chi connectivity index (χ1n) is 8.83. The molecule has 0 aromatic rings. The maximum absolute atomic E-state index is 12.3. The SMILES string of the molecule is CC(C)(C)C(=O)N1CCC(CN2C[C@H](O)[C@@H](O)[C@H](O)[C@@H]2CO)CC1. The number of carbonyl (C=O) groups excluding carboxylic acids is 1. The van der Waals surface area contributed by atoms with Gasteiger partial charge in [0, 0.05) is 31.6 Å². The van der Waals surface area contributed by atoms with Crippen molar-refractivity contribution in [3.05, 3.63) is 0 Å². The van der Waals surface area contributed by atoms with Crippen molar-refractivity contribution < 1.29 is 25.2 Å². The van der Waals surface area contributed by atoms with Gasteiger partial charge < -0.3 is 25.3 Å². The summed E-state index contributed by atoms with van der Waals surface area (Å²) in [6.07, 6.45) is -1.65. The number of β-amino-alcohol motifs (C(OH)–C–C–N with tert-alkyl or cyclic N) is 1. The lowest BCUT2D eigenvalue weighted by atomic mass is 9.89. The zero-order chi connectivity index (χ0) is 18.1. The van der Waals surface area contributed by atoms with Gasteiger partial charge in [-0.15, -0.1) is 0 Å². The Hall–Kier alpha value is -0.730. The first-order chi connectivity index (χ1) is 11.1. The van der Waals surface area contributed by atoms with E-state index < -0.39 is 24.4 Å². The quantitative estimate of drug-likeness (QED) is 0.525. The molecule has 4 N–H and O–H groups in total. The Morgan fingerprint density at radius 2 is 1.67 bits per heavy atom. The molecule has 0 aromatic heterocycles. The fourth-order valence-electron chi connectivity index (χ4n) is 3.71. The molecule has 1 amide bonds. The monoisotopic (exact) mass is 344 g/mol. The van der Waals surface area contributed by atoms with Crippen molar-refractivity contribution in [2.75, 3.05) is 32.8 Å². The third-order valence-corrected chi connectivity index (χ3v) is 5.25. The van der Waals surface area contributed by atoms with E-state index in [-0.39, 0.29) is 24.5 Å². The number of carbonyl (C=O) groups is 1. The van der Waals surface area contributed by atoms with Crippen LogP contribution in [0.3, 0.4) is 0 Å². The van der Waals surface area contributed by atoms with E-state index in [0.29, 0.717) is 25.6 Å². The molecule has 2 heterocycles. The van der Waals surface area contributed by atoms with E-state index in [2.05, 4.69) is 0 Å². The van der Waals surface area contributed by atoms with Crippen LogP contribution in [0.2, 0.25) is 0 Å². The molecule has 0 radical (unpaired) electrons. The van der Waals surface area contributed by atoms with E-state index in [0.717, 1.165) is 12.8 Å². The number of nitrogens with zero attached hydrogens (tertiary/aromatic N) is 2. The van der Waals surface area contributed by atoms with Crippen molar-refractivity contribution >= 4 is 5.91 Å². The first-order valence-corrected chi connectivity index (χ1v) is 8.83. The first kappa shape index (κ1) is 19.6. The Bertz CT molecular complexity index is 431. The van der Waals surface area contributed by atoms with Crippen LogP contribution in [0.25, 0.3) is 0 Å². The second-order valence-corrected chi connectivity index (χ2v) is 8.24. The standard InChI is InChI=1S/C17H32N2O5/c1-17(2,3)16(24)18-6-4-11(5-7-18)8-19-9-13(21)15(23)14(22)12(19)10-20/h11-15,20-23H,4-10H2,1-3H3/t12-,13-,14+,15+/m0/s1. The summed E-state index contributed by atoms with van der Waals surface area (Å²) in [5.41, 5.74) is -0.369. The Morgan fingerprint density at radius 3 is 2.17 bits per heavy atom. The van der Waals surface area contributed by atoms with Crippen molar-refractivity contribution in [2.24, 2.45) is 11.3 Å². The molecule has 2 fully saturated rings. The summed E-state index contributed by atoms with van der Waals surface area (Å²) in [5, 5.41) is 39.2. The number of aliphatic hydroxyl groups excluding tert-OH is 4. The van der Waals surface area contributed by atoms with Crippen molar-refractivity contribution in [1.82, 2.24) is 9.80 Å². The van der Waals surface area contributed by atoms with Crippen LogP contribution >= 0.6 is 0 Å². The Labute approximate surface area is 143 Å². The maximum atomic E-state index is 12.3. The smallest absolute Gasteiger partial charge is 0.227 e. The van der Waals surface area contributed by atoms with Gasteiger partial charge in [-0.3, -0.25) is 9.69 Å². The minimum atomic E-state index is -1.22. The van der Waals surface area contributed by atoms with Crippen molar-refractivity contribution in [3.8, 4) is 0 Å². The maximum Gasteiger partial charge on any atom is 0.227 e. The molecule has 4 atom stereocenters. The molecule has 24 heavy (non-hydrogen) atoms. The van der Waals surface area contributed by atoms with Gasteiger partial charge in [0.05, 0.1) is 18.8 Å². The van der Waals surface area contributed by atoms with Gasteiger partial charge in [0.15, 0.2) is 0 Å². The summed E-state index contributed by atoms with van der Waals surface area (Å²) in [7, 11) is 0. The average molecular weight is 344 g/mol. The number of piperidine rings is 2. The summed E-state index contributed by atoms with van der Waals surface area (Å²) in [6, 6.07) is -0.558. The second-order valence-electron chi connectivity index (χ2n) is 8.24. The number of rotatable bonds is 3. The van der Waals surface area contributed by atoms with Gasteiger partial charge >= 0.3 is 0 Å².